The topological polar surface area (TPSA) is 84.2 Å². The maximum absolute atomic E-state index is 13.0. The van der Waals surface area contributed by atoms with Crippen LogP contribution in [0.4, 0.5) is 21.5 Å². The predicted octanol–water partition coefficient (Wildman–Crippen LogP) is 2.71. The summed E-state index contributed by atoms with van der Waals surface area (Å²) in [7, 11) is -2.27. The number of nitrogen functional groups attached to an aromatic ring is 1. The predicted molar refractivity (Wildman–Crippen MR) is 81.8 cm³/mol. The summed E-state index contributed by atoms with van der Waals surface area (Å²) in [5, 5.41) is 3.05. The van der Waals surface area contributed by atoms with Crippen molar-refractivity contribution in [1.29, 1.82) is 0 Å². The van der Waals surface area contributed by atoms with Crippen LogP contribution < -0.4 is 15.8 Å². The third-order valence-corrected chi connectivity index (χ3v) is 4.53. The van der Waals surface area contributed by atoms with E-state index in [1.54, 1.807) is 0 Å². The normalized spacial score (nSPS) is 11.4. The van der Waals surface area contributed by atoms with Gasteiger partial charge in [0.1, 0.15) is 5.82 Å². The van der Waals surface area contributed by atoms with Gasteiger partial charge in [0.15, 0.2) is 0 Å². The molecule has 2 aromatic carbocycles. The molecule has 21 heavy (non-hydrogen) atoms. The van der Waals surface area contributed by atoms with Crippen LogP contribution in [-0.4, -0.2) is 15.5 Å². The standard InChI is InChI=1S/C13H13ClFN3O2S/c1-17-21(19,20)9-3-4-11(16)13(7-9)18-12-5-2-8(15)6-10(12)14/h2-7,17-18H,16H2,1H3. The van der Waals surface area contributed by atoms with E-state index in [4.69, 9.17) is 17.3 Å². The van der Waals surface area contributed by atoms with Gasteiger partial charge >= 0.3 is 0 Å². The number of hydrogen-bond acceptors (Lipinski definition) is 4. The monoisotopic (exact) mass is 329 g/mol. The summed E-state index contributed by atoms with van der Waals surface area (Å²) >= 11 is 5.91. The molecule has 2 rings (SSSR count). The highest BCUT2D eigenvalue weighted by Crippen LogP contribution is 2.30. The van der Waals surface area contributed by atoms with Gasteiger partial charge in [-0.15, -0.1) is 0 Å². The molecule has 0 aliphatic carbocycles. The number of sulfonamides is 1. The summed E-state index contributed by atoms with van der Waals surface area (Å²) < 4.78 is 38.8. The molecular weight excluding hydrogens is 317 g/mol. The van der Waals surface area contributed by atoms with Gasteiger partial charge in [0.2, 0.25) is 10.0 Å². The third kappa shape index (κ3) is 3.44. The number of nitrogens with one attached hydrogen (secondary N) is 2. The van der Waals surface area contributed by atoms with Gasteiger partial charge < -0.3 is 11.1 Å². The minimum Gasteiger partial charge on any atom is -0.397 e. The number of halogens is 2. The van der Waals surface area contributed by atoms with Crippen molar-refractivity contribution < 1.29 is 12.8 Å². The van der Waals surface area contributed by atoms with Crippen LogP contribution in [-0.2, 0) is 10.0 Å². The summed E-state index contributed by atoms with van der Waals surface area (Å²) in [6, 6.07) is 8.05. The Morgan fingerprint density at radius 2 is 1.86 bits per heavy atom. The van der Waals surface area contributed by atoms with E-state index in [2.05, 4.69) is 10.0 Å². The maximum atomic E-state index is 13.0. The summed E-state index contributed by atoms with van der Waals surface area (Å²) in [6.45, 7) is 0. The van der Waals surface area contributed by atoms with Crippen LogP contribution in [0.2, 0.25) is 5.02 Å². The molecular formula is C13H13ClFN3O2S. The van der Waals surface area contributed by atoms with Crippen molar-refractivity contribution in [2.24, 2.45) is 0 Å². The fourth-order valence-electron chi connectivity index (χ4n) is 1.66. The Hall–Kier alpha value is -1.83. The zero-order valence-electron chi connectivity index (χ0n) is 11.0. The first-order valence-electron chi connectivity index (χ1n) is 5.88. The van der Waals surface area contributed by atoms with Gasteiger partial charge in [0.25, 0.3) is 0 Å². The van der Waals surface area contributed by atoms with E-state index in [0.29, 0.717) is 17.1 Å². The highest BCUT2D eigenvalue weighted by molar-refractivity contribution is 7.89. The molecule has 0 saturated heterocycles. The van der Waals surface area contributed by atoms with E-state index in [9.17, 15) is 12.8 Å². The Morgan fingerprint density at radius 1 is 1.14 bits per heavy atom. The zero-order chi connectivity index (χ0) is 15.6. The number of anilines is 3. The van der Waals surface area contributed by atoms with Crippen molar-refractivity contribution >= 4 is 38.7 Å². The Labute approximate surface area is 127 Å². The van der Waals surface area contributed by atoms with Crippen molar-refractivity contribution in [2.75, 3.05) is 18.1 Å². The van der Waals surface area contributed by atoms with Crippen LogP contribution in [0.15, 0.2) is 41.3 Å². The lowest BCUT2D eigenvalue weighted by atomic mass is 10.2. The Morgan fingerprint density at radius 3 is 2.48 bits per heavy atom. The molecule has 0 unspecified atom stereocenters. The van der Waals surface area contributed by atoms with Crippen molar-refractivity contribution in [3.05, 3.63) is 47.2 Å². The number of nitrogens with two attached hydrogens (primary N) is 1. The van der Waals surface area contributed by atoms with Crippen LogP contribution in [0.5, 0.6) is 0 Å². The molecule has 8 heteroatoms. The van der Waals surface area contributed by atoms with Crippen molar-refractivity contribution in [1.82, 2.24) is 4.72 Å². The fraction of sp³-hybridized carbons (Fsp3) is 0.0769. The van der Waals surface area contributed by atoms with Crippen molar-refractivity contribution in [2.45, 2.75) is 4.90 Å². The van der Waals surface area contributed by atoms with Gasteiger partial charge in [-0.25, -0.2) is 17.5 Å². The first-order valence-corrected chi connectivity index (χ1v) is 7.75. The van der Waals surface area contributed by atoms with Gasteiger partial charge in [0.05, 0.1) is 27.0 Å². The highest BCUT2D eigenvalue weighted by atomic mass is 35.5. The van der Waals surface area contributed by atoms with Crippen LogP contribution in [0, 0.1) is 5.82 Å². The van der Waals surface area contributed by atoms with Crippen LogP contribution in [0.3, 0.4) is 0 Å². The molecule has 0 heterocycles. The fourth-order valence-corrected chi connectivity index (χ4v) is 2.63. The maximum Gasteiger partial charge on any atom is 0.240 e. The van der Waals surface area contributed by atoms with E-state index in [-0.39, 0.29) is 9.92 Å². The lowest BCUT2D eigenvalue weighted by Crippen LogP contribution is -2.18. The summed E-state index contributed by atoms with van der Waals surface area (Å²) in [4.78, 5) is 0.0555. The first kappa shape index (κ1) is 15.6. The lowest BCUT2D eigenvalue weighted by molar-refractivity contribution is 0.588. The van der Waals surface area contributed by atoms with Gasteiger partial charge in [-0.2, -0.15) is 0 Å². The molecule has 0 saturated carbocycles. The second kappa shape index (κ2) is 5.88. The van der Waals surface area contributed by atoms with E-state index in [0.717, 1.165) is 6.07 Å². The number of hydrogen-bond donors (Lipinski definition) is 3. The molecule has 0 radical (unpaired) electrons. The van der Waals surface area contributed by atoms with Crippen LogP contribution in [0.1, 0.15) is 0 Å². The van der Waals surface area contributed by atoms with E-state index < -0.39 is 15.8 Å². The molecule has 0 aliphatic heterocycles. The third-order valence-electron chi connectivity index (χ3n) is 2.80. The molecule has 5 nitrogen and oxygen atoms in total. The second-order valence-electron chi connectivity index (χ2n) is 4.21. The molecule has 112 valence electrons. The molecule has 0 aliphatic rings. The molecule has 0 atom stereocenters. The summed E-state index contributed by atoms with van der Waals surface area (Å²) in [5.74, 6) is -0.468. The smallest absolute Gasteiger partial charge is 0.240 e. The number of benzene rings is 2. The average molecular weight is 330 g/mol. The SMILES string of the molecule is CNS(=O)(=O)c1ccc(N)c(Nc2ccc(F)cc2Cl)c1. The van der Waals surface area contributed by atoms with Crippen LogP contribution >= 0.6 is 11.6 Å². The van der Waals surface area contributed by atoms with Gasteiger partial charge in [-0.05, 0) is 43.4 Å². The average Bonchev–Trinajstić information content (AvgIpc) is 2.43. The summed E-state index contributed by atoms with van der Waals surface area (Å²) in [6.07, 6.45) is 0. The Bertz CT molecular complexity index is 781. The summed E-state index contributed by atoms with van der Waals surface area (Å²) in [5.41, 5.74) is 6.93. The van der Waals surface area contributed by atoms with E-state index in [1.165, 1.54) is 37.4 Å². The quantitative estimate of drug-likeness (QED) is 0.753. The van der Waals surface area contributed by atoms with Gasteiger partial charge in [-0.1, -0.05) is 11.6 Å². The highest BCUT2D eigenvalue weighted by Gasteiger charge is 2.14. The minimum atomic E-state index is -3.59. The van der Waals surface area contributed by atoms with E-state index >= 15 is 0 Å². The first-order chi connectivity index (χ1) is 9.83. The minimum absolute atomic E-state index is 0.0555. The van der Waals surface area contributed by atoms with Crippen LogP contribution in [0.25, 0.3) is 0 Å². The number of rotatable bonds is 4. The van der Waals surface area contributed by atoms with Crippen molar-refractivity contribution in [3.63, 3.8) is 0 Å². The molecule has 0 aromatic heterocycles. The van der Waals surface area contributed by atoms with Gasteiger partial charge in [0, 0.05) is 0 Å². The zero-order valence-corrected chi connectivity index (χ0v) is 12.6. The second-order valence-corrected chi connectivity index (χ2v) is 6.50. The van der Waals surface area contributed by atoms with E-state index in [1.807, 2.05) is 0 Å². The molecule has 4 N–H and O–H groups in total. The molecule has 2 aromatic rings. The Kier molecular flexibility index (Phi) is 4.36. The van der Waals surface area contributed by atoms with Crippen molar-refractivity contribution in [3.8, 4) is 0 Å². The molecule has 0 fully saturated rings. The lowest BCUT2D eigenvalue weighted by Gasteiger charge is -2.12. The molecule has 0 spiro atoms. The molecule has 0 bridgehead atoms. The van der Waals surface area contributed by atoms with Gasteiger partial charge in [-0.3, -0.25) is 0 Å². The Balaban J connectivity index is 2.42. The molecule has 0 amide bonds. The largest absolute Gasteiger partial charge is 0.397 e.